The van der Waals surface area contributed by atoms with Gasteiger partial charge in [0, 0.05) is 30.6 Å². The van der Waals surface area contributed by atoms with E-state index >= 15 is 0 Å². The number of hydrogen-bond acceptors (Lipinski definition) is 5. The summed E-state index contributed by atoms with van der Waals surface area (Å²) >= 11 is 1.78. The van der Waals surface area contributed by atoms with Gasteiger partial charge in [-0.3, -0.25) is 0 Å². The van der Waals surface area contributed by atoms with E-state index in [1.807, 2.05) is 0 Å². The Morgan fingerprint density at radius 2 is 2.32 bits per heavy atom. The van der Waals surface area contributed by atoms with E-state index in [-0.39, 0.29) is 12.4 Å². The molecule has 1 saturated carbocycles. The van der Waals surface area contributed by atoms with Gasteiger partial charge in [-0.15, -0.1) is 23.7 Å². The summed E-state index contributed by atoms with van der Waals surface area (Å²) in [5.41, 5.74) is 1.22. The molecule has 22 heavy (non-hydrogen) atoms. The Labute approximate surface area is 143 Å². The number of ether oxygens (including phenoxy) is 1. The second-order valence-corrected chi connectivity index (χ2v) is 7.48. The van der Waals surface area contributed by atoms with Gasteiger partial charge >= 0.3 is 0 Å². The number of hydrogen-bond donors (Lipinski definition) is 2. The minimum atomic E-state index is 0. The molecule has 2 N–H and O–H groups in total. The average molecular weight is 346 g/mol. The van der Waals surface area contributed by atoms with Gasteiger partial charge in [-0.1, -0.05) is 20.3 Å². The zero-order chi connectivity index (χ0) is 14.7. The van der Waals surface area contributed by atoms with Crippen molar-refractivity contribution >= 4 is 23.7 Å². The van der Waals surface area contributed by atoms with E-state index in [2.05, 4.69) is 29.9 Å². The van der Waals surface area contributed by atoms with E-state index in [4.69, 9.17) is 9.72 Å². The molecule has 6 heteroatoms. The normalized spacial score (nSPS) is 28.8. The Bertz CT molecular complexity index is 448. The highest BCUT2D eigenvalue weighted by atomic mass is 35.5. The molecule has 4 nitrogen and oxygen atoms in total. The summed E-state index contributed by atoms with van der Waals surface area (Å²) in [7, 11) is 0. The molecule has 0 spiro atoms. The number of aromatic nitrogens is 1. The Morgan fingerprint density at radius 3 is 3.00 bits per heavy atom. The van der Waals surface area contributed by atoms with Crippen LogP contribution in [0.15, 0.2) is 5.38 Å². The summed E-state index contributed by atoms with van der Waals surface area (Å²) in [5.74, 6) is 1.23. The lowest BCUT2D eigenvalue weighted by atomic mass is 9.94. The first-order valence-corrected chi connectivity index (χ1v) is 9.11. The summed E-state index contributed by atoms with van der Waals surface area (Å²) in [6.07, 6.45) is 3.93. The molecule has 1 aromatic rings. The lowest BCUT2D eigenvalue weighted by Crippen LogP contribution is -2.50. The minimum Gasteiger partial charge on any atom is -0.379 e. The Balaban J connectivity index is 0.00000176. The maximum absolute atomic E-state index is 5.63. The fourth-order valence-corrected chi connectivity index (χ4v) is 4.38. The molecule has 0 amide bonds. The van der Waals surface area contributed by atoms with Gasteiger partial charge in [-0.2, -0.15) is 0 Å². The van der Waals surface area contributed by atoms with Gasteiger partial charge in [0.05, 0.1) is 18.9 Å². The van der Waals surface area contributed by atoms with Crippen LogP contribution >= 0.6 is 23.7 Å². The van der Waals surface area contributed by atoms with Gasteiger partial charge < -0.3 is 15.4 Å². The number of nitrogens with zero attached hydrogens (tertiary/aromatic N) is 1. The van der Waals surface area contributed by atoms with Crippen LogP contribution in [0.4, 0.5) is 0 Å². The van der Waals surface area contributed by atoms with Gasteiger partial charge in [-0.05, 0) is 24.7 Å². The van der Waals surface area contributed by atoms with Crippen molar-refractivity contribution in [3.63, 3.8) is 0 Å². The van der Waals surface area contributed by atoms with E-state index in [0.29, 0.717) is 23.9 Å². The summed E-state index contributed by atoms with van der Waals surface area (Å²) in [6.45, 7) is 8.04. The molecule has 3 unspecified atom stereocenters. The Hall–Kier alpha value is -0.200. The monoisotopic (exact) mass is 345 g/mol. The van der Waals surface area contributed by atoms with Crippen molar-refractivity contribution < 1.29 is 4.74 Å². The fourth-order valence-electron chi connectivity index (χ4n) is 3.47. The summed E-state index contributed by atoms with van der Waals surface area (Å²) in [5, 5.41) is 10.8. The molecule has 0 bridgehead atoms. The second kappa shape index (κ2) is 8.60. The number of morpholine rings is 1. The van der Waals surface area contributed by atoms with Gasteiger partial charge in [0.2, 0.25) is 0 Å². The number of halogens is 1. The molecule has 1 saturated heterocycles. The van der Waals surface area contributed by atoms with Crippen molar-refractivity contribution in [1.82, 2.24) is 15.6 Å². The summed E-state index contributed by atoms with van der Waals surface area (Å²) in [4.78, 5) is 4.72. The highest BCUT2D eigenvalue weighted by Gasteiger charge is 2.34. The van der Waals surface area contributed by atoms with Crippen LogP contribution in [0.2, 0.25) is 0 Å². The summed E-state index contributed by atoms with van der Waals surface area (Å²) < 4.78 is 5.63. The third-order valence-corrected chi connectivity index (χ3v) is 5.58. The maximum atomic E-state index is 5.63. The van der Waals surface area contributed by atoms with Crippen molar-refractivity contribution in [3.8, 4) is 0 Å². The first-order chi connectivity index (χ1) is 10.2. The minimum absolute atomic E-state index is 0. The number of rotatable bonds is 5. The molecule has 3 atom stereocenters. The van der Waals surface area contributed by atoms with Crippen LogP contribution in [0.3, 0.4) is 0 Å². The Kier molecular flexibility index (Phi) is 7.09. The lowest BCUT2D eigenvalue weighted by molar-refractivity contribution is 0.0524. The number of nitrogens with one attached hydrogen (secondary N) is 2. The van der Waals surface area contributed by atoms with Gasteiger partial charge in [0.25, 0.3) is 0 Å². The molecule has 0 radical (unpaired) electrons. The van der Waals surface area contributed by atoms with E-state index in [1.165, 1.54) is 30.0 Å². The SMILES string of the molecule is CC(C)c1csc(CNC2CCCC2C2COCCN2)n1.Cl. The van der Waals surface area contributed by atoms with Gasteiger partial charge in [0.15, 0.2) is 0 Å². The third kappa shape index (κ3) is 4.42. The van der Waals surface area contributed by atoms with Gasteiger partial charge in [-0.25, -0.2) is 4.98 Å². The molecule has 1 aliphatic carbocycles. The van der Waals surface area contributed by atoms with Crippen LogP contribution in [-0.4, -0.2) is 36.8 Å². The molecule has 1 aliphatic heterocycles. The van der Waals surface area contributed by atoms with Crippen molar-refractivity contribution in [2.75, 3.05) is 19.8 Å². The topological polar surface area (TPSA) is 46.2 Å². The maximum Gasteiger partial charge on any atom is 0.107 e. The van der Waals surface area contributed by atoms with E-state index in [1.54, 1.807) is 11.3 Å². The standard InChI is InChI=1S/C16H27N3OS.ClH/c1-11(2)15-10-21-16(19-15)8-18-13-5-3-4-12(13)14-9-20-7-6-17-14;/h10-14,17-18H,3-9H2,1-2H3;1H. The molecule has 2 fully saturated rings. The van der Waals surface area contributed by atoms with Crippen molar-refractivity contribution in [3.05, 3.63) is 16.1 Å². The van der Waals surface area contributed by atoms with E-state index in [9.17, 15) is 0 Å². The molecule has 0 aromatic carbocycles. The van der Waals surface area contributed by atoms with Crippen LogP contribution < -0.4 is 10.6 Å². The largest absolute Gasteiger partial charge is 0.379 e. The average Bonchev–Trinajstić information content (AvgIpc) is 3.15. The van der Waals surface area contributed by atoms with E-state index < -0.39 is 0 Å². The first kappa shape index (κ1) is 18.1. The molecular weight excluding hydrogens is 318 g/mol. The predicted octanol–water partition coefficient (Wildman–Crippen LogP) is 2.94. The summed E-state index contributed by atoms with van der Waals surface area (Å²) in [6, 6.07) is 1.14. The fraction of sp³-hybridized carbons (Fsp3) is 0.812. The van der Waals surface area contributed by atoms with Crippen LogP contribution in [0.5, 0.6) is 0 Å². The van der Waals surface area contributed by atoms with Crippen molar-refractivity contribution in [2.45, 2.75) is 57.7 Å². The molecular formula is C16H28ClN3OS. The zero-order valence-corrected chi connectivity index (χ0v) is 15.1. The molecule has 2 heterocycles. The molecule has 2 aliphatic rings. The third-order valence-electron chi connectivity index (χ3n) is 4.71. The first-order valence-electron chi connectivity index (χ1n) is 8.23. The predicted molar refractivity (Wildman–Crippen MR) is 94.0 cm³/mol. The highest BCUT2D eigenvalue weighted by Crippen LogP contribution is 2.30. The van der Waals surface area contributed by atoms with Crippen LogP contribution in [0.25, 0.3) is 0 Å². The molecule has 126 valence electrons. The zero-order valence-electron chi connectivity index (χ0n) is 13.5. The Morgan fingerprint density at radius 1 is 1.45 bits per heavy atom. The quantitative estimate of drug-likeness (QED) is 0.861. The molecule has 3 rings (SSSR count). The second-order valence-electron chi connectivity index (χ2n) is 6.54. The van der Waals surface area contributed by atoms with Crippen LogP contribution in [-0.2, 0) is 11.3 Å². The molecule has 1 aromatic heterocycles. The number of thiazole rings is 1. The van der Waals surface area contributed by atoms with Crippen LogP contribution in [0, 0.1) is 5.92 Å². The van der Waals surface area contributed by atoms with Gasteiger partial charge in [0.1, 0.15) is 5.01 Å². The van der Waals surface area contributed by atoms with Crippen molar-refractivity contribution in [2.24, 2.45) is 5.92 Å². The van der Waals surface area contributed by atoms with E-state index in [0.717, 1.165) is 26.3 Å². The van der Waals surface area contributed by atoms with Crippen molar-refractivity contribution in [1.29, 1.82) is 0 Å². The lowest BCUT2D eigenvalue weighted by Gasteiger charge is -2.32. The highest BCUT2D eigenvalue weighted by molar-refractivity contribution is 7.09. The smallest absolute Gasteiger partial charge is 0.107 e. The van der Waals surface area contributed by atoms with Crippen LogP contribution in [0.1, 0.15) is 49.7 Å².